The van der Waals surface area contributed by atoms with Crippen LogP contribution in [0.15, 0.2) is 30.3 Å². The summed E-state index contributed by atoms with van der Waals surface area (Å²) in [5, 5.41) is 1.88. The first-order chi connectivity index (χ1) is 5.68. The molecular weight excluding hydrogens is 146 g/mol. The van der Waals surface area contributed by atoms with Crippen LogP contribution in [0.4, 0.5) is 0 Å². The lowest BCUT2D eigenvalue weighted by Gasteiger charge is -1.84. The van der Waals surface area contributed by atoms with Gasteiger partial charge < -0.3 is 4.98 Å². The van der Waals surface area contributed by atoms with E-state index in [2.05, 4.69) is 18.1 Å². The third kappa shape index (κ3) is 2.62. The van der Waals surface area contributed by atoms with Crippen molar-refractivity contribution in [3.8, 4) is 0 Å². The van der Waals surface area contributed by atoms with Crippen LogP contribution in [0.1, 0.15) is 5.69 Å². The largest absolute Gasteiger partial charge is 0.360 e. The van der Waals surface area contributed by atoms with Gasteiger partial charge >= 0.3 is 0 Å². The molecule has 1 rings (SSSR count). The molecule has 0 saturated carbocycles. The van der Waals surface area contributed by atoms with E-state index in [1.807, 2.05) is 37.3 Å². The molecule has 0 fully saturated rings. The molecule has 1 nitrogen and oxygen atoms in total. The van der Waals surface area contributed by atoms with Gasteiger partial charge in [0.15, 0.2) is 0 Å². The maximum Gasteiger partial charge on any atom is 0.0308 e. The van der Waals surface area contributed by atoms with Crippen molar-refractivity contribution in [2.24, 2.45) is 0 Å². The van der Waals surface area contributed by atoms with Gasteiger partial charge in [-0.15, -0.1) is 0 Å². The Kier molecular flexibility index (Phi) is 2.70. The Labute approximate surface area is 72.4 Å². The molecule has 0 aliphatic heterocycles. The summed E-state index contributed by atoms with van der Waals surface area (Å²) in [6.45, 7) is 9.69. The van der Waals surface area contributed by atoms with Gasteiger partial charge in [-0.05, 0) is 24.3 Å². The fourth-order valence-electron chi connectivity index (χ4n) is 1.01. The van der Waals surface area contributed by atoms with Gasteiger partial charge in [0.25, 0.3) is 0 Å². The van der Waals surface area contributed by atoms with E-state index in [0.717, 1.165) is 16.3 Å². The number of rotatable bonds is 0. The highest BCUT2D eigenvalue weighted by Crippen LogP contribution is 1.76. The van der Waals surface area contributed by atoms with E-state index in [9.17, 15) is 0 Å². The Balaban J connectivity index is 3.56. The Hall–Kier alpha value is -1.50. The van der Waals surface area contributed by atoms with Crippen LogP contribution in [-0.2, 0) is 0 Å². The zero-order chi connectivity index (χ0) is 8.97. The normalized spacial score (nSPS) is 9.08. The maximum absolute atomic E-state index is 3.87. The molecule has 1 N–H and O–H groups in total. The second-order valence-corrected chi connectivity index (χ2v) is 2.77. The predicted octanol–water partition coefficient (Wildman–Crippen LogP) is 1.27. The van der Waals surface area contributed by atoms with Crippen molar-refractivity contribution in [2.75, 3.05) is 0 Å². The third-order valence-electron chi connectivity index (χ3n) is 1.48. The number of hydrogen-bond donors (Lipinski definition) is 1. The van der Waals surface area contributed by atoms with Crippen molar-refractivity contribution in [3.63, 3.8) is 0 Å². The van der Waals surface area contributed by atoms with Crippen LogP contribution in [0.25, 0.3) is 13.2 Å². The average molecular weight is 159 g/mol. The summed E-state index contributed by atoms with van der Waals surface area (Å²) in [5.41, 5.74) is 1.06. The molecular formula is C11H13N. The van der Waals surface area contributed by atoms with E-state index in [1.54, 1.807) is 0 Å². The van der Waals surface area contributed by atoms with Gasteiger partial charge in [0.2, 0.25) is 0 Å². The van der Waals surface area contributed by atoms with Crippen molar-refractivity contribution >= 4 is 13.2 Å². The maximum atomic E-state index is 3.87. The first kappa shape index (κ1) is 8.60. The molecule has 0 unspecified atom stereocenters. The molecule has 0 spiro atoms. The molecule has 0 aliphatic carbocycles. The number of nitrogens with one attached hydrogen (secondary N) is 1. The van der Waals surface area contributed by atoms with Crippen LogP contribution >= 0.6 is 0 Å². The minimum Gasteiger partial charge on any atom is -0.360 e. The van der Waals surface area contributed by atoms with E-state index in [4.69, 9.17) is 0 Å². The van der Waals surface area contributed by atoms with Crippen molar-refractivity contribution in [1.82, 2.24) is 4.98 Å². The minimum atomic E-state index is 0.892. The summed E-state index contributed by atoms with van der Waals surface area (Å²) >= 11 is 0. The molecule has 0 saturated heterocycles. The topological polar surface area (TPSA) is 15.8 Å². The highest BCUT2D eigenvalue weighted by atomic mass is 14.7. The van der Waals surface area contributed by atoms with Gasteiger partial charge in [-0.1, -0.05) is 31.4 Å². The van der Waals surface area contributed by atoms with Gasteiger partial charge in [0.05, 0.1) is 0 Å². The fourth-order valence-corrected chi connectivity index (χ4v) is 1.01. The Morgan fingerprint density at radius 1 is 1.17 bits per heavy atom. The smallest absolute Gasteiger partial charge is 0.0308 e. The van der Waals surface area contributed by atoms with Crippen LogP contribution in [0, 0.1) is 6.92 Å². The van der Waals surface area contributed by atoms with Crippen molar-refractivity contribution in [2.45, 2.75) is 6.92 Å². The molecule has 12 heavy (non-hydrogen) atoms. The standard InChI is InChI=1S/C11H13N/c1-9-6-4-5-7-10(2)12-11(3)8-9/h4-8,12H,1-2H2,3H3. The second kappa shape index (κ2) is 3.77. The summed E-state index contributed by atoms with van der Waals surface area (Å²) in [4.78, 5) is 3.13. The number of aryl methyl sites for hydroxylation is 1. The molecule has 1 heteroatoms. The monoisotopic (exact) mass is 159 g/mol. The van der Waals surface area contributed by atoms with Gasteiger partial charge in [0.1, 0.15) is 0 Å². The van der Waals surface area contributed by atoms with Crippen LogP contribution in [0.3, 0.4) is 0 Å². The Bertz CT molecular complexity index is 362. The van der Waals surface area contributed by atoms with E-state index in [0.29, 0.717) is 0 Å². The minimum absolute atomic E-state index is 0.892. The quantitative estimate of drug-likeness (QED) is 0.586. The number of aromatic amines is 1. The van der Waals surface area contributed by atoms with Crippen LogP contribution in [0.5, 0.6) is 0 Å². The molecule has 0 amide bonds. The molecule has 0 aliphatic rings. The van der Waals surface area contributed by atoms with Crippen LogP contribution in [0.2, 0.25) is 0 Å². The van der Waals surface area contributed by atoms with Crippen molar-refractivity contribution in [3.05, 3.63) is 46.6 Å². The molecule has 62 valence electrons. The summed E-state index contributed by atoms with van der Waals surface area (Å²) in [6, 6.07) is 9.75. The first-order valence-corrected chi connectivity index (χ1v) is 3.86. The number of hydrogen-bond acceptors (Lipinski definition) is 0. The molecule has 1 heterocycles. The summed E-state index contributed by atoms with van der Waals surface area (Å²) in [6.07, 6.45) is 0. The van der Waals surface area contributed by atoms with E-state index in [-0.39, 0.29) is 0 Å². The second-order valence-electron chi connectivity index (χ2n) is 2.77. The zero-order valence-corrected chi connectivity index (χ0v) is 7.30. The molecule has 0 atom stereocenters. The van der Waals surface area contributed by atoms with Crippen LogP contribution < -0.4 is 10.6 Å². The molecule has 1 aromatic heterocycles. The molecule has 1 aromatic rings. The lowest BCUT2D eigenvalue weighted by atomic mass is 10.4. The zero-order valence-electron chi connectivity index (χ0n) is 7.30. The predicted molar refractivity (Wildman–Crippen MR) is 53.5 cm³/mol. The van der Waals surface area contributed by atoms with Crippen molar-refractivity contribution in [1.29, 1.82) is 0 Å². The summed E-state index contributed by atoms with van der Waals surface area (Å²) in [5.74, 6) is 0. The molecule has 0 aromatic carbocycles. The van der Waals surface area contributed by atoms with Gasteiger partial charge in [-0.2, -0.15) is 0 Å². The molecule has 0 bridgehead atoms. The highest BCUT2D eigenvalue weighted by Gasteiger charge is 1.75. The fraction of sp³-hybridized carbons (Fsp3) is 0.0909. The third-order valence-corrected chi connectivity index (χ3v) is 1.48. The Morgan fingerprint density at radius 2 is 1.83 bits per heavy atom. The SMILES string of the molecule is C=c1ccccc(=C)[nH]c(C)c1. The number of aromatic nitrogens is 1. The summed E-state index contributed by atoms with van der Waals surface area (Å²) in [7, 11) is 0. The van der Waals surface area contributed by atoms with Gasteiger partial charge in [-0.3, -0.25) is 0 Å². The van der Waals surface area contributed by atoms with E-state index in [1.165, 1.54) is 0 Å². The lowest BCUT2D eigenvalue weighted by molar-refractivity contribution is 1.17. The van der Waals surface area contributed by atoms with Gasteiger partial charge in [0, 0.05) is 11.0 Å². The first-order valence-electron chi connectivity index (χ1n) is 3.86. The summed E-state index contributed by atoms with van der Waals surface area (Å²) < 4.78 is 0. The Morgan fingerprint density at radius 3 is 2.58 bits per heavy atom. The highest BCUT2D eigenvalue weighted by molar-refractivity contribution is 5.10. The van der Waals surface area contributed by atoms with Crippen molar-refractivity contribution < 1.29 is 0 Å². The lowest BCUT2D eigenvalue weighted by Crippen LogP contribution is -2.01. The van der Waals surface area contributed by atoms with E-state index < -0.39 is 0 Å². The molecule has 0 radical (unpaired) electrons. The van der Waals surface area contributed by atoms with Gasteiger partial charge in [-0.25, -0.2) is 0 Å². The average Bonchev–Trinajstić information content (AvgIpc) is 2.01. The number of H-pyrrole nitrogens is 1. The van der Waals surface area contributed by atoms with E-state index >= 15 is 0 Å². The van der Waals surface area contributed by atoms with Crippen LogP contribution in [-0.4, -0.2) is 4.98 Å².